The van der Waals surface area contributed by atoms with Gasteiger partial charge in [-0.05, 0) is 39.5 Å². The van der Waals surface area contributed by atoms with Crippen molar-refractivity contribution in [2.45, 2.75) is 65.1 Å². The Kier molecular flexibility index (Phi) is 3.55. The number of hydrogen-bond donors (Lipinski definition) is 0. The first-order chi connectivity index (χ1) is 6.14. The molecule has 13 heavy (non-hydrogen) atoms. The van der Waals surface area contributed by atoms with Crippen LogP contribution >= 0.6 is 0 Å². The molecule has 0 N–H and O–H groups in total. The molecule has 1 aliphatic rings. The maximum absolute atomic E-state index is 5.64. The first kappa shape index (κ1) is 10.8. The van der Waals surface area contributed by atoms with Crippen molar-refractivity contribution in [3.8, 4) is 0 Å². The van der Waals surface area contributed by atoms with Crippen molar-refractivity contribution in [3.05, 3.63) is 11.6 Å². The summed E-state index contributed by atoms with van der Waals surface area (Å²) in [5.41, 5.74) is 1.74. The average molecular weight is 182 g/mol. The van der Waals surface area contributed by atoms with E-state index in [9.17, 15) is 0 Å². The Labute approximate surface area is 82.2 Å². The van der Waals surface area contributed by atoms with Gasteiger partial charge in [0.05, 0.1) is 11.7 Å². The molecule has 0 saturated carbocycles. The fraction of sp³-hybridized carbons (Fsp3) is 0.833. The molecule has 0 bridgehead atoms. The molecule has 76 valence electrons. The van der Waals surface area contributed by atoms with Crippen LogP contribution in [0.5, 0.6) is 0 Å². The molecule has 1 aliphatic heterocycles. The highest BCUT2D eigenvalue weighted by Gasteiger charge is 2.50. The summed E-state index contributed by atoms with van der Waals surface area (Å²) in [4.78, 5) is 0. The topological polar surface area (TPSA) is 12.5 Å². The van der Waals surface area contributed by atoms with E-state index in [1.807, 2.05) is 0 Å². The lowest BCUT2D eigenvalue weighted by Gasteiger charge is -2.07. The fourth-order valence-corrected chi connectivity index (χ4v) is 1.84. The van der Waals surface area contributed by atoms with Crippen LogP contribution in [-0.4, -0.2) is 11.7 Å². The van der Waals surface area contributed by atoms with Crippen LogP contribution in [0, 0.1) is 0 Å². The van der Waals surface area contributed by atoms with Gasteiger partial charge in [-0.2, -0.15) is 0 Å². The van der Waals surface area contributed by atoms with Gasteiger partial charge in [0.1, 0.15) is 0 Å². The largest absolute Gasteiger partial charge is 0.366 e. The van der Waals surface area contributed by atoms with Gasteiger partial charge in [0.15, 0.2) is 0 Å². The molecule has 1 heteroatoms. The summed E-state index contributed by atoms with van der Waals surface area (Å²) in [5, 5.41) is 0. The van der Waals surface area contributed by atoms with Crippen LogP contribution in [0.2, 0.25) is 0 Å². The van der Waals surface area contributed by atoms with Crippen LogP contribution in [0.15, 0.2) is 11.6 Å². The molecule has 0 aromatic heterocycles. The molecule has 0 aliphatic carbocycles. The Balaban J connectivity index is 2.27. The quantitative estimate of drug-likeness (QED) is 0.466. The lowest BCUT2D eigenvalue weighted by atomic mass is 9.96. The fourth-order valence-electron chi connectivity index (χ4n) is 1.84. The third kappa shape index (κ3) is 2.57. The monoisotopic (exact) mass is 182 g/mol. The summed E-state index contributed by atoms with van der Waals surface area (Å²) >= 11 is 0. The molecule has 0 aromatic rings. The molecule has 1 nitrogen and oxygen atoms in total. The van der Waals surface area contributed by atoms with E-state index in [2.05, 4.69) is 33.8 Å². The number of allylic oxidation sites excluding steroid dienone is 2. The number of hydrogen-bond acceptors (Lipinski definition) is 1. The van der Waals surface area contributed by atoms with Crippen molar-refractivity contribution in [2.75, 3.05) is 0 Å². The minimum atomic E-state index is 0.241. The van der Waals surface area contributed by atoms with E-state index < -0.39 is 0 Å². The summed E-state index contributed by atoms with van der Waals surface area (Å²) in [7, 11) is 0. The van der Waals surface area contributed by atoms with Crippen molar-refractivity contribution in [1.82, 2.24) is 0 Å². The van der Waals surface area contributed by atoms with Crippen LogP contribution in [0.1, 0.15) is 53.4 Å². The molecule has 2 atom stereocenters. The van der Waals surface area contributed by atoms with Gasteiger partial charge in [-0.1, -0.05) is 25.5 Å². The third-order valence-electron chi connectivity index (χ3n) is 3.31. The molecular formula is C12H22O. The number of ether oxygens (including phenoxy) is 1. The van der Waals surface area contributed by atoms with Gasteiger partial charge in [-0.15, -0.1) is 0 Å². The zero-order chi connectivity index (χ0) is 9.90. The van der Waals surface area contributed by atoms with Gasteiger partial charge >= 0.3 is 0 Å². The van der Waals surface area contributed by atoms with Crippen molar-refractivity contribution >= 4 is 0 Å². The second-order valence-electron chi connectivity index (χ2n) is 4.12. The summed E-state index contributed by atoms with van der Waals surface area (Å²) in [5.74, 6) is 0. The highest BCUT2D eigenvalue weighted by molar-refractivity contribution is 5.03. The Hall–Kier alpha value is -0.300. The van der Waals surface area contributed by atoms with Gasteiger partial charge in [-0.25, -0.2) is 0 Å². The van der Waals surface area contributed by atoms with Gasteiger partial charge in [0.2, 0.25) is 0 Å². The minimum absolute atomic E-state index is 0.241. The normalized spacial score (nSPS) is 33.5. The Bertz CT molecular complexity index is 191. The molecular weight excluding hydrogens is 160 g/mol. The van der Waals surface area contributed by atoms with Crippen LogP contribution in [0.3, 0.4) is 0 Å². The van der Waals surface area contributed by atoms with E-state index in [1.54, 1.807) is 0 Å². The van der Waals surface area contributed by atoms with Crippen LogP contribution in [-0.2, 0) is 4.74 Å². The second kappa shape index (κ2) is 4.28. The highest BCUT2D eigenvalue weighted by Crippen LogP contribution is 2.43. The lowest BCUT2D eigenvalue weighted by molar-refractivity contribution is 0.276. The maximum atomic E-state index is 5.64. The second-order valence-corrected chi connectivity index (χ2v) is 4.12. The van der Waals surface area contributed by atoms with Crippen LogP contribution < -0.4 is 0 Å². The van der Waals surface area contributed by atoms with E-state index in [1.165, 1.54) is 24.8 Å². The molecule has 0 unspecified atom stereocenters. The highest BCUT2D eigenvalue weighted by atomic mass is 16.6. The molecule has 1 fully saturated rings. The molecule has 1 saturated heterocycles. The van der Waals surface area contributed by atoms with E-state index >= 15 is 0 Å². The predicted molar refractivity (Wildman–Crippen MR) is 56.9 cm³/mol. The first-order valence-electron chi connectivity index (χ1n) is 5.48. The molecule has 0 radical (unpaired) electrons. The molecule has 1 rings (SSSR count). The SMILES string of the molecule is CC/C(C)=C/CC[C@@]1(CC)O[C@@H]1C. The molecule has 0 amide bonds. The van der Waals surface area contributed by atoms with Crippen LogP contribution in [0.4, 0.5) is 0 Å². The Morgan fingerprint density at radius 1 is 1.46 bits per heavy atom. The maximum Gasteiger partial charge on any atom is 0.0945 e. The van der Waals surface area contributed by atoms with E-state index in [-0.39, 0.29) is 5.60 Å². The van der Waals surface area contributed by atoms with Gasteiger partial charge in [0, 0.05) is 0 Å². The van der Waals surface area contributed by atoms with Gasteiger partial charge in [-0.3, -0.25) is 0 Å². The summed E-state index contributed by atoms with van der Waals surface area (Å²) in [6.07, 6.45) is 7.56. The Morgan fingerprint density at radius 2 is 2.08 bits per heavy atom. The summed E-state index contributed by atoms with van der Waals surface area (Å²) in [6, 6.07) is 0. The molecule has 0 spiro atoms. The first-order valence-corrected chi connectivity index (χ1v) is 5.48. The van der Waals surface area contributed by atoms with Crippen molar-refractivity contribution < 1.29 is 4.74 Å². The van der Waals surface area contributed by atoms with E-state index in [4.69, 9.17) is 4.74 Å². The minimum Gasteiger partial charge on any atom is -0.366 e. The van der Waals surface area contributed by atoms with E-state index in [0.717, 1.165) is 6.42 Å². The molecule has 1 heterocycles. The van der Waals surface area contributed by atoms with Gasteiger partial charge in [0.25, 0.3) is 0 Å². The number of rotatable bonds is 5. The van der Waals surface area contributed by atoms with Crippen LogP contribution in [0.25, 0.3) is 0 Å². The summed E-state index contributed by atoms with van der Waals surface area (Å²) < 4.78 is 5.64. The standard InChI is InChI=1S/C12H22O/c1-5-10(3)8-7-9-12(6-2)11(4)13-12/h8,11H,5-7,9H2,1-4H3/b10-8+/t11-,12-/m1/s1. The van der Waals surface area contributed by atoms with E-state index in [0.29, 0.717) is 6.10 Å². The smallest absolute Gasteiger partial charge is 0.0945 e. The number of epoxide rings is 1. The summed E-state index contributed by atoms with van der Waals surface area (Å²) in [6.45, 7) is 8.81. The lowest BCUT2D eigenvalue weighted by Crippen LogP contribution is -2.11. The predicted octanol–water partition coefficient (Wildman–Crippen LogP) is 3.69. The zero-order valence-electron chi connectivity index (χ0n) is 9.39. The van der Waals surface area contributed by atoms with Crippen molar-refractivity contribution in [3.63, 3.8) is 0 Å². The third-order valence-corrected chi connectivity index (χ3v) is 3.31. The average Bonchev–Trinajstić information content (AvgIpc) is 2.77. The Morgan fingerprint density at radius 3 is 2.46 bits per heavy atom. The molecule has 0 aromatic carbocycles. The van der Waals surface area contributed by atoms with Gasteiger partial charge < -0.3 is 4.74 Å². The zero-order valence-corrected chi connectivity index (χ0v) is 9.39. The van der Waals surface area contributed by atoms with Crippen molar-refractivity contribution in [2.24, 2.45) is 0 Å². The van der Waals surface area contributed by atoms with Crippen molar-refractivity contribution in [1.29, 1.82) is 0 Å².